The van der Waals surface area contributed by atoms with E-state index in [4.69, 9.17) is 0 Å². The summed E-state index contributed by atoms with van der Waals surface area (Å²) < 4.78 is 0. The third-order valence-electron chi connectivity index (χ3n) is 1.25. The number of amides is 1. The molecule has 0 aromatic carbocycles. The summed E-state index contributed by atoms with van der Waals surface area (Å²) >= 11 is 0. The Kier molecular flexibility index (Phi) is 3.69. The third kappa shape index (κ3) is 3.22. The highest BCUT2D eigenvalue weighted by molar-refractivity contribution is 5.87. The smallest absolute Gasteiger partial charge is 0.217 e. The lowest BCUT2D eigenvalue weighted by Crippen LogP contribution is -2.36. The number of ketones is 1. The maximum absolute atomic E-state index is 10.8. The number of nitrogens with one attached hydrogen (secondary N) is 1. The maximum atomic E-state index is 10.8. The first-order chi connectivity index (χ1) is 4.57. The summed E-state index contributed by atoms with van der Waals surface area (Å²) in [6.07, 6.45) is 0.474. The summed E-state index contributed by atoms with van der Waals surface area (Å²) in [5, 5.41) is 2.50. The van der Waals surface area contributed by atoms with Crippen LogP contribution in [0.4, 0.5) is 0 Å². The molecule has 3 heteroatoms. The van der Waals surface area contributed by atoms with Gasteiger partial charge in [-0.25, -0.2) is 0 Å². The molecule has 3 nitrogen and oxygen atoms in total. The predicted octanol–water partition coefficient (Wildman–Crippen LogP) is 0.490. The number of hydrogen-bond acceptors (Lipinski definition) is 2. The molecule has 1 unspecified atom stereocenters. The lowest BCUT2D eigenvalue weighted by molar-refractivity contribution is -0.126. The van der Waals surface area contributed by atoms with E-state index in [-0.39, 0.29) is 17.7 Å². The Hall–Kier alpha value is -0.860. The highest BCUT2D eigenvalue weighted by atomic mass is 16.2. The minimum atomic E-state index is -0.331. The van der Waals surface area contributed by atoms with Crippen molar-refractivity contribution >= 4 is 11.7 Å². The van der Waals surface area contributed by atoms with Gasteiger partial charge in [0.2, 0.25) is 5.91 Å². The zero-order chi connectivity index (χ0) is 8.15. The molecule has 0 saturated heterocycles. The van der Waals surface area contributed by atoms with Gasteiger partial charge in [0.1, 0.15) is 0 Å². The van der Waals surface area contributed by atoms with E-state index in [0.717, 1.165) is 0 Å². The van der Waals surface area contributed by atoms with Crippen LogP contribution in [0.1, 0.15) is 27.2 Å². The number of rotatable bonds is 3. The second-order valence-corrected chi connectivity index (χ2v) is 2.24. The van der Waals surface area contributed by atoms with Gasteiger partial charge >= 0.3 is 0 Å². The average molecular weight is 143 g/mol. The monoisotopic (exact) mass is 143 g/mol. The molecule has 1 atom stereocenters. The SMILES string of the molecule is CCC(=O)C(C)NC(C)=O. The molecule has 0 radical (unpaired) electrons. The molecule has 0 aliphatic rings. The quantitative estimate of drug-likeness (QED) is 0.625. The molecule has 0 aliphatic heterocycles. The van der Waals surface area contributed by atoms with Crippen molar-refractivity contribution in [2.24, 2.45) is 0 Å². The zero-order valence-electron chi connectivity index (χ0n) is 6.60. The summed E-state index contributed by atoms with van der Waals surface area (Å²) in [6, 6.07) is -0.331. The van der Waals surface area contributed by atoms with Gasteiger partial charge in [0.05, 0.1) is 6.04 Å². The number of carbonyl (C=O) groups is 2. The second kappa shape index (κ2) is 4.04. The molecule has 0 aliphatic carbocycles. The van der Waals surface area contributed by atoms with Crippen LogP contribution in [0.25, 0.3) is 0 Å². The van der Waals surface area contributed by atoms with Gasteiger partial charge < -0.3 is 5.32 Å². The number of carbonyl (C=O) groups excluding carboxylic acids is 2. The first-order valence-corrected chi connectivity index (χ1v) is 3.37. The Labute approximate surface area is 60.8 Å². The first kappa shape index (κ1) is 9.14. The molecule has 0 saturated carbocycles. The van der Waals surface area contributed by atoms with Crippen molar-refractivity contribution in [2.75, 3.05) is 0 Å². The Bertz CT molecular complexity index is 143. The molecule has 0 aromatic rings. The number of Topliss-reactive ketones (excluding diaryl/α,β-unsaturated/α-hetero) is 1. The van der Waals surface area contributed by atoms with E-state index in [0.29, 0.717) is 6.42 Å². The Morgan fingerprint density at radius 2 is 2.00 bits per heavy atom. The van der Waals surface area contributed by atoms with E-state index in [9.17, 15) is 9.59 Å². The van der Waals surface area contributed by atoms with Crippen LogP contribution >= 0.6 is 0 Å². The van der Waals surface area contributed by atoms with E-state index in [1.54, 1.807) is 13.8 Å². The standard InChI is InChI=1S/C7H13NO2/c1-4-7(10)5(2)8-6(3)9/h5H,4H2,1-3H3,(H,8,9). The Balaban J connectivity index is 3.72. The Morgan fingerprint density at radius 1 is 1.50 bits per heavy atom. The van der Waals surface area contributed by atoms with E-state index in [2.05, 4.69) is 5.32 Å². The topological polar surface area (TPSA) is 46.2 Å². The van der Waals surface area contributed by atoms with Gasteiger partial charge in [0.15, 0.2) is 5.78 Å². The van der Waals surface area contributed by atoms with Gasteiger partial charge in [-0.1, -0.05) is 6.92 Å². The van der Waals surface area contributed by atoms with Crippen LogP contribution < -0.4 is 5.32 Å². The molecule has 0 bridgehead atoms. The molecule has 1 amide bonds. The second-order valence-electron chi connectivity index (χ2n) is 2.24. The van der Waals surface area contributed by atoms with E-state index in [1.165, 1.54) is 6.92 Å². The van der Waals surface area contributed by atoms with Crippen LogP contribution in [-0.2, 0) is 9.59 Å². The minimum absolute atomic E-state index is 0.0650. The molecule has 0 heterocycles. The van der Waals surface area contributed by atoms with Gasteiger partial charge in [-0.05, 0) is 6.92 Å². The van der Waals surface area contributed by atoms with Crippen LogP contribution in [0.5, 0.6) is 0 Å². The van der Waals surface area contributed by atoms with Gasteiger partial charge in [-0.15, -0.1) is 0 Å². The van der Waals surface area contributed by atoms with Crippen LogP contribution in [0.2, 0.25) is 0 Å². The van der Waals surface area contributed by atoms with Crippen LogP contribution in [0.3, 0.4) is 0 Å². The van der Waals surface area contributed by atoms with Gasteiger partial charge in [0, 0.05) is 13.3 Å². The molecule has 10 heavy (non-hydrogen) atoms. The summed E-state index contributed by atoms with van der Waals surface area (Å²) in [7, 11) is 0. The van der Waals surface area contributed by atoms with Crippen molar-refractivity contribution in [3.63, 3.8) is 0 Å². The molecule has 0 fully saturated rings. The molecular weight excluding hydrogens is 130 g/mol. The largest absolute Gasteiger partial charge is 0.347 e. The average Bonchev–Trinajstić information content (AvgIpc) is 1.85. The van der Waals surface area contributed by atoms with Crippen molar-refractivity contribution in [2.45, 2.75) is 33.2 Å². The fourth-order valence-corrected chi connectivity index (χ4v) is 0.692. The highest BCUT2D eigenvalue weighted by Gasteiger charge is 2.09. The van der Waals surface area contributed by atoms with Crippen molar-refractivity contribution < 1.29 is 9.59 Å². The first-order valence-electron chi connectivity index (χ1n) is 3.37. The van der Waals surface area contributed by atoms with Crippen molar-refractivity contribution in [3.8, 4) is 0 Å². The van der Waals surface area contributed by atoms with Crippen molar-refractivity contribution in [3.05, 3.63) is 0 Å². The van der Waals surface area contributed by atoms with E-state index in [1.807, 2.05) is 0 Å². The van der Waals surface area contributed by atoms with Crippen molar-refractivity contribution in [1.82, 2.24) is 5.32 Å². The van der Waals surface area contributed by atoms with E-state index >= 15 is 0 Å². The third-order valence-corrected chi connectivity index (χ3v) is 1.25. The van der Waals surface area contributed by atoms with Crippen LogP contribution in [-0.4, -0.2) is 17.7 Å². The predicted molar refractivity (Wildman–Crippen MR) is 38.6 cm³/mol. The summed E-state index contributed by atoms with van der Waals surface area (Å²) in [5.74, 6) is -0.0931. The van der Waals surface area contributed by atoms with Gasteiger partial charge in [0.25, 0.3) is 0 Å². The zero-order valence-corrected chi connectivity index (χ0v) is 6.60. The minimum Gasteiger partial charge on any atom is -0.347 e. The van der Waals surface area contributed by atoms with Gasteiger partial charge in [-0.3, -0.25) is 9.59 Å². The summed E-state index contributed by atoms with van der Waals surface area (Å²) in [6.45, 7) is 4.87. The molecular formula is C7H13NO2. The lowest BCUT2D eigenvalue weighted by Gasteiger charge is -2.08. The number of hydrogen-bond donors (Lipinski definition) is 1. The van der Waals surface area contributed by atoms with Gasteiger partial charge in [-0.2, -0.15) is 0 Å². The fraction of sp³-hybridized carbons (Fsp3) is 0.714. The van der Waals surface area contributed by atoms with E-state index < -0.39 is 0 Å². The molecule has 0 rings (SSSR count). The maximum Gasteiger partial charge on any atom is 0.217 e. The summed E-state index contributed by atoms with van der Waals surface area (Å²) in [5.41, 5.74) is 0. The summed E-state index contributed by atoms with van der Waals surface area (Å²) in [4.78, 5) is 21.2. The lowest BCUT2D eigenvalue weighted by atomic mass is 10.2. The van der Waals surface area contributed by atoms with Crippen LogP contribution in [0, 0.1) is 0 Å². The normalized spacial score (nSPS) is 12.3. The fourth-order valence-electron chi connectivity index (χ4n) is 0.692. The van der Waals surface area contributed by atoms with Crippen molar-refractivity contribution in [1.29, 1.82) is 0 Å². The van der Waals surface area contributed by atoms with Crippen LogP contribution in [0.15, 0.2) is 0 Å². The molecule has 1 N–H and O–H groups in total. The Morgan fingerprint density at radius 3 is 2.30 bits per heavy atom. The highest BCUT2D eigenvalue weighted by Crippen LogP contribution is 1.88. The molecule has 0 spiro atoms. The molecule has 0 aromatic heterocycles. The molecule has 58 valence electrons.